The fourth-order valence-electron chi connectivity index (χ4n) is 2.14. The monoisotopic (exact) mass is 367 g/mol. The Morgan fingerprint density at radius 3 is 2.62 bits per heavy atom. The molecule has 0 radical (unpaired) electrons. The molecule has 0 aliphatic carbocycles. The molecular formula is C16H18BrNO2S. The first-order chi connectivity index (χ1) is 10.0. The fourth-order valence-corrected chi connectivity index (χ4v) is 3.05. The molecule has 1 unspecified atom stereocenters. The van der Waals surface area contributed by atoms with Gasteiger partial charge in [-0.3, -0.25) is 10.1 Å². The second kappa shape index (κ2) is 7.20. The smallest absolute Gasteiger partial charge is 0.326 e. The van der Waals surface area contributed by atoms with Gasteiger partial charge in [0.2, 0.25) is 0 Å². The molecule has 0 amide bonds. The van der Waals surface area contributed by atoms with Crippen LogP contribution >= 0.6 is 27.3 Å². The number of carbonyl (C=O) groups is 1. The molecule has 0 saturated carbocycles. The third kappa shape index (κ3) is 4.40. The van der Waals surface area contributed by atoms with Gasteiger partial charge in [-0.15, -0.1) is 11.3 Å². The quantitative estimate of drug-likeness (QED) is 0.789. The number of methoxy groups -OCH3 is 1. The summed E-state index contributed by atoms with van der Waals surface area (Å²) in [7, 11) is 1.43. The Morgan fingerprint density at radius 1 is 1.33 bits per heavy atom. The third-order valence-electron chi connectivity index (χ3n) is 3.34. The van der Waals surface area contributed by atoms with Gasteiger partial charge in [-0.1, -0.05) is 34.1 Å². The summed E-state index contributed by atoms with van der Waals surface area (Å²) in [6, 6.07) is 12.0. The van der Waals surface area contributed by atoms with Crippen molar-refractivity contribution in [2.75, 3.05) is 7.11 Å². The number of halogens is 1. The number of ether oxygens (including phenoxy) is 1. The summed E-state index contributed by atoms with van der Waals surface area (Å²) in [6.07, 6.45) is 0.582. The van der Waals surface area contributed by atoms with E-state index in [1.54, 1.807) is 11.3 Å². The molecule has 0 fully saturated rings. The van der Waals surface area contributed by atoms with Gasteiger partial charge in [-0.2, -0.15) is 0 Å². The number of benzene rings is 1. The average Bonchev–Trinajstić information content (AvgIpc) is 3.00. The number of hydrogen-bond acceptors (Lipinski definition) is 4. The summed E-state index contributed by atoms with van der Waals surface area (Å²) in [5, 5.41) is 5.37. The molecule has 0 aliphatic rings. The molecule has 2 aromatic rings. The van der Waals surface area contributed by atoms with Gasteiger partial charge in [-0.05, 0) is 36.1 Å². The first-order valence-corrected chi connectivity index (χ1v) is 8.31. The van der Waals surface area contributed by atoms with Crippen LogP contribution in [0.25, 0.3) is 0 Å². The van der Waals surface area contributed by atoms with Gasteiger partial charge in [0.05, 0.1) is 7.11 Å². The molecule has 0 spiro atoms. The van der Waals surface area contributed by atoms with E-state index in [1.165, 1.54) is 12.0 Å². The summed E-state index contributed by atoms with van der Waals surface area (Å²) in [4.78, 5) is 13.4. The summed E-state index contributed by atoms with van der Waals surface area (Å²) < 4.78 is 6.00. The summed E-state index contributed by atoms with van der Waals surface area (Å²) in [5.74, 6) is -0.248. The van der Waals surface area contributed by atoms with E-state index >= 15 is 0 Å². The van der Waals surface area contributed by atoms with Crippen molar-refractivity contribution in [2.24, 2.45) is 0 Å². The molecule has 112 valence electrons. The van der Waals surface area contributed by atoms with E-state index < -0.39 is 5.54 Å². The number of rotatable bonds is 6. The SMILES string of the molecule is COC(=O)C(C)(Cc1ccc(Br)cc1)NCc1cccs1. The van der Waals surface area contributed by atoms with Crippen molar-refractivity contribution in [1.82, 2.24) is 5.32 Å². The number of carbonyl (C=O) groups excluding carboxylic acids is 1. The van der Waals surface area contributed by atoms with Gasteiger partial charge in [0, 0.05) is 22.3 Å². The molecular weight excluding hydrogens is 350 g/mol. The highest BCUT2D eigenvalue weighted by molar-refractivity contribution is 9.10. The van der Waals surface area contributed by atoms with Crippen LogP contribution in [0.2, 0.25) is 0 Å². The molecule has 1 heterocycles. The first-order valence-electron chi connectivity index (χ1n) is 6.64. The minimum absolute atomic E-state index is 0.248. The summed E-state index contributed by atoms with van der Waals surface area (Å²) in [6.45, 7) is 2.54. The molecule has 21 heavy (non-hydrogen) atoms. The maximum absolute atomic E-state index is 12.2. The average molecular weight is 368 g/mol. The van der Waals surface area contributed by atoms with E-state index in [4.69, 9.17) is 4.74 Å². The zero-order chi connectivity index (χ0) is 15.3. The lowest BCUT2D eigenvalue weighted by molar-refractivity contribution is -0.148. The third-order valence-corrected chi connectivity index (χ3v) is 4.74. The highest BCUT2D eigenvalue weighted by Crippen LogP contribution is 2.19. The Labute approximate surface area is 137 Å². The lowest BCUT2D eigenvalue weighted by Gasteiger charge is -2.28. The van der Waals surface area contributed by atoms with Crippen LogP contribution in [-0.2, 0) is 22.5 Å². The van der Waals surface area contributed by atoms with E-state index in [9.17, 15) is 4.79 Å². The topological polar surface area (TPSA) is 38.3 Å². The number of hydrogen-bond donors (Lipinski definition) is 1. The van der Waals surface area contributed by atoms with Crippen molar-refractivity contribution in [3.05, 3.63) is 56.7 Å². The Kier molecular flexibility index (Phi) is 5.56. The van der Waals surface area contributed by atoms with Crippen LogP contribution in [0.3, 0.4) is 0 Å². The predicted octanol–water partition coefficient (Wildman–Crippen LogP) is 3.77. The maximum Gasteiger partial charge on any atom is 0.326 e. The lowest BCUT2D eigenvalue weighted by Crippen LogP contribution is -2.51. The molecule has 1 aromatic carbocycles. The Hall–Kier alpha value is -1.17. The number of nitrogens with one attached hydrogen (secondary N) is 1. The standard InChI is InChI=1S/C16H18BrNO2S/c1-16(15(19)20-2,18-11-14-4-3-9-21-14)10-12-5-7-13(17)8-6-12/h3-9,18H,10-11H2,1-2H3. The van der Waals surface area contributed by atoms with Crippen LogP contribution in [0.15, 0.2) is 46.3 Å². The van der Waals surface area contributed by atoms with Crippen molar-refractivity contribution < 1.29 is 9.53 Å². The Bertz CT molecular complexity index is 583. The molecule has 0 bridgehead atoms. The molecule has 0 aliphatic heterocycles. The van der Waals surface area contributed by atoms with E-state index in [2.05, 4.69) is 27.3 Å². The maximum atomic E-state index is 12.2. The molecule has 1 atom stereocenters. The normalized spacial score (nSPS) is 13.7. The zero-order valence-electron chi connectivity index (χ0n) is 12.1. The van der Waals surface area contributed by atoms with E-state index in [-0.39, 0.29) is 5.97 Å². The van der Waals surface area contributed by atoms with Crippen LogP contribution in [-0.4, -0.2) is 18.6 Å². The Balaban J connectivity index is 2.12. The second-order valence-corrected chi connectivity index (χ2v) is 7.01. The van der Waals surface area contributed by atoms with Crippen molar-refractivity contribution in [1.29, 1.82) is 0 Å². The van der Waals surface area contributed by atoms with Gasteiger partial charge in [-0.25, -0.2) is 0 Å². The van der Waals surface area contributed by atoms with Crippen LogP contribution < -0.4 is 5.32 Å². The van der Waals surface area contributed by atoms with Gasteiger partial charge in [0.15, 0.2) is 0 Å². The van der Waals surface area contributed by atoms with Crippen LogP contribution in [0.1, 0.15) is 17.4 Å². The van der Waals surface area contributed by atoms with E-state index in [1.807, 2.05) is 42.6 Å². The first kappa shape index (κ1) is 16.2. The summed E-state index contributed by atoms with van der Waals surface area (Å²) in [5.41, 5.74) is 0.344. The van der Waals surface area contributed by atoms with E-state index in [0.29, 0.717) is 13.0 Å². The molecule has 1 N–H and O–H groups in total. The van der Waals surface area contributed by atoms with Crippen LogP contribution in [0, 0.1) is 0 Å². The van der Waals surface area contributed by atoms with Crippen LogP contribution in [0.5, 0.6) is 0 Å². The van der Waals surface area contributed by atoms with Crippen LogP contribution in [0.4, 0.5) is 0 Å². The molecule has 3 nitrogen and oxygen atoms in total. The zero-order valence-corrected chi connectivity index (χ0v) is 14.5. The van der Waals surface area contributed by atoms with Gasteiger partial charge in [0.1, 0.15) is 5.54 Å². The molecule has 0 saturated heterocycles. The highest BCUT2D eigenvalue weighted by Gasteiger charge is 2.34. The summed E-state index contributed by atoms with van der Waals surface area (Å²) >= 11 is 5.09. The Morgan fingerprint density at radius 2 is 2.05 bits per heavy atom. The minimum Gasteiger partial charge on any atom is -0.468 e. The highest BCUT2D eigenvalue weighted by atomic mass is 79.9. The lowest BCUT2D eigenvalue weighted by atomic mass is 9.92. The molecule has 2 rings (SSSR count). The molecule has 5 heteroatoms. The van der Waals surface area contributed by atoms with E-state index in [0.717, 1.165) is 10.0 Å². The minimum atomic E-state index is -0.743. The van der Waals surface area contributed by atoms with Crippen molar-refractivity contribution >= 4 is 33.2 Å². The van der Waals surface area contributed by atoms with Crippen molar-refractivity contribution in [3.8, 4) is 0 Å². The van der Waals surface area contributed by atoms with Gasteiger partial charge >= 0.3 is 5.97 Å². The number of esters is 1. The fraction of sp³-hybridized carbons (Fsp3) is 0.312. The van der Waals surface area contributed by atoms with Gasteiger partial charge < -0.3 is 4.74 Å². The molecule has 1 aromatic heterocycles. The second-order valence-electron chi connectivity index (χ2n) is 5.06. The largest absolute Gasteiger partial charge is 0.468 e. The van der Waals surface area contributed by atoms with Crippen molar-refractivity contribution in [3.63, 3.8) is 0 Å². The number of thiophene rings is 1. The van der Waals surface area contributed by atoms with Crippen molar-refractivity contribution in [2.45, 2.75) is 25.4 Å². The predicted molar refractivity (Wildman–Crippen MR) is 89.4 cm³/mol. The van der Waals surface area contributed by atoms with Gasteiger partial charge in [0.25, 0.3) is 0 Å².